The van der Waals surface area contributed by atoms with Crippen molar-refractivity contribution in [1.29, 1.82) is 0 Å². The molecule has 6 nitrogen and oxygen atoms in total. The molecule has 4 N–H and O–H groups in total. The highest BCUT2D eigenvalue weighted by molar-refractivity contribution is 5.90. The van der Waals surface area contributed by atoms with E-state index < -0.39 is 5.54 Å². The molecule has 0 heterocycles. The zero-order valence-electron chi connectivity index (χ0n) is 10.4. The molecule has 0 aromatic rings. The fourth-order valence-electron chi connectivity index (χ4n) is 1.57. The number of amides is 2. The van der Waals surface area contributed by atoms with Gasteiger partial charge in [-0.05, 0) is 25.7 Å². The van der Waals surface area contributed by atoms with Crippen molar-refractivity contribution in [2.24, 2.45) is 11.7 Å². The highest BCUT2D eigenvalue weighted by Crippen LogP contribution is 2.37. The third-order valence-corrected chi connectivity index (χ3v) is 2.95. The van der Waals surface area contributed by atoms with Crippen LogP contribution in [-0.4, -0.2) is 44.2 Å². The van der Waals surface area contributed by atoms with Crippen LogP contribution in [0.5, 0.6) is 0 Å². The average molecular weight is 243 g/mol. The minimum absolute atomic E-state index is 0.0396. The van der Waals surface area contributed by atoms with Crippen LogP contribution in [0.25, 0.3) is 0 Å². The number of nitrogens with two attached hydrogens (primary N) is 1. The third-order valence-electron chi connectivity index (χ3n) is 2.95. The second-order valence-electron chi connectivity index (χ2n) is 4.58. The van der Waals surface area contributed by atoms with Gasteiger partial charge in [-0.3, -0.25) is 9.59 Å². The van der Waals surface area contributed by atoms with Crippen molar-refractivity contribution in [1.82, 2.24) is 10.6 Å². The molecule has 0 saturated heterocycles. The van der Waals surface area contributed by atoms with Crippen LogP contribution in [0.2, 0.25) is 0 Å². The Kier molecular flexibility index (Phi) is 4.89. The van der Waals surface area contributed by atoms with Gasteiger partial charge in [-0.2, -0.15) is 0 Å². The average Bonchev–Trinajstić information content (AvgIpc) is 3.10. The smallest absolute Gasteiger partial charge is 0.240 e. The fraction of sp³-hybridized carbons (Fsp3) is 0.818. The normalized spacial score (nSPS) is 18.3. The molecule has 0 aliphatic heterocycles. The Morgan fingerprint density at radius 1 is 1.41 bits per heavy atom. The van der Waals surface area contributed by atoms with E-state index in [-0.39, 0.29) is 24.3 Å². The zero-order chi connectivity index (χ0) is 12.9. The maximum atomic E-state index is 11.7. The molecule has 1 aliphatic carbocycles. The molecule has 0 radical (unpaired) electrons. The summed E-state index contributed by atoms with van der Waals surface area (Å²) < 4.78 is 4.79. The molecule has 1 saturated carbocycles. The summed E-state index contributed by atoms with van der Waals surface area (Å²) in [6.45, 7) is 2.56. The second-order valence-corrected chi connectivity index (χ2v) is 4.58. The Labute approximate surface area is 101 Å². The molecule has 0 aromatic heterocycles. The van der Waals surface area contributed by atoms with Gasteiger partial charge in [-0.15, -0.1) is 0 Å². The van der Waals surface area contributed by atoms with E-state index in [1.807, 2.05) is 0 Å². The summed E-state index contributed by atoms with van der Waals surface area (Å²) in [6, 6.07) is 0. The minimum atomic E-state index is -0.854. The van der Waals surface area contributed by atoms with Crippen molar-refractivity contribution >= 4 is 11.8 Å². The van der Waals surface area contributed by atoms with Crippen molar-refractivity contribution in [3.63, 3.8) is 0 Å². The molecule has 98 valence electrons. The number of nitrogens with one attached hydrogen (secondary N) is 2. The van der Waals surface area contributed by atoms with Gasteiger partial charge in [0.15, 0.2) is 0 Å². The number of carbonyl (C=O) groups excluding carboxylic acids is 2. The van der Waals surface area contributed by atoms with E-state index in [1.54, 1.807) is 14.0 Å². The molecule has 0 aromatic carbocycles. The molecule has 1 rings (SSSR count). The third kappa shape index (κ3) is 4.32. The lowest BCUT2D eigenvalue weighted by atomic mass is 9.96. The molecule has 1 unspecified atom stereocenters. The lowest BCUT2D eigenvalue weighted by Crippen LogP contribution is -2.55. The van der Waals surface area contributed by atoms with E-state index in [9.17, 15) is 9.59 Å². The first-order chi connectivity index (χ1) is 7.98. The minimum Gasteiger partial charge on any atom is -0.383 e. The lowest BCUT2D eigenvalue weighted by Gasteiger charge is -2.22. The van der Waals surface area contributed by atoms with Gasteiger partial charge in [-0.25, -0.2) is 0 Å². The summed E-state index contributed by atoms with van der Waals surface area (Å²) in [7, 11) is 1.56. The van der Waals surface area contributed by atoms with E-state index in [4.69, 9.17) is 10.5 Å². The van der Waals surface area contributed by atoms with E-state index in [2.05, 4.69) is 10.6 Å². The Morgan fingerprint density at radius 3 is 2.59 bits per heavy atom. The largest absolute Gasteiger partial charge is 0.383 e. The zero-order valence-corrected chi connectivity index (χ0v) is 10.4. The molecule has 6 heteroatoms. The van der Waals surface area contributed by atoms with E-state index in [0.29, 0.717) is 13.2 Å². The van der Waals surface area contributed by atoms with Crippen molar-refractivity contribution in [2.75, 3.05) is 26.8 Å². The Morgan fingerprint density at radius 2 is 2.06 bits per heavy atom. The Hall–Kier alpha value is -1.14. The molecule has 1 fully saturated rings. The van der Waals surface area contributed by atoms with Crippen LogP contribution in [0.3, 0.4) is 0 Å². The van der Waals surface area contributed by atoms with Gasteiger partial charge in [0.1, 0.15) is 0 Å². The summed E-state index contributed by atoms with van der Waals surface area (Å²) >= 11 is 0. The van der Waals surface area contributed by atoms with Crippen LogP contribution < -0.4 is 16.4 Å². The summed E-state index contributed by atoms with van der Waals surface area (Å²) in [5.74, 6) is -0.247. The van der Waals surface area contributed by atoms with Crippen LogP contribution >= 0.6 is 0 Å². The number of hydrogen-bond acceptors (Lipinski definition) is 4. The van der Waals surface area contributed by atoms with Gasteiger partial charge >= 0.3 is 0 Å². The number of methoxy groups -OCH3 is 1. The monoisotopic (exact) mass is 243 g/mol. The predicted octanol–water partition coefficient (Wildman–Crippen LogP) is -1.01. The standard InChI is InChI=1S/C11H21N3O3/c1-11(12,8-3-4-8)10(16)14-7-9(15)13-5-6-17-2/h8H,3-7,12H2,1-2H3,(H,13,15)(H,14,16). The topological polar surface area (TPSA) is 93.5 Å². The van der Waals surface area contributed by atoms with Crippen LogP contribution in [0, 0.1) is 5.92 Å². The molecule has 0 bridgehead atoms. The van der Waals surface area contributed by atoms with Crippen LogP contribution in [0.15, 0.2) is 0 Å². The molecule has 17 heavy (non-hydrogen) atoms. The number of rotatable bonds is 7. The molecular weight excluding hydrogens is 222 g/mol. The first kappa shape index (κ1) is 13.9. The van der Waals surface area contributed by atoms with Crippen molar-refractivity contribution in [3.05, 3.63) is 0 Å². The predicted molar refractivity (Wildman–Crippen MR) is 63.2 cm³/mol. The van der Waals surface area contributed by atoms with Gasteiger partial charge in [0.25, 0.3) is 0 Å². The summed E-state index contributed by atoms with van der Waals surface area (Å²) in [5, 5.41) is 5.17. The molecule has 2 amide bonds. The quantitative estimate of drug-likeness (QED) is 0.500. The molecule has 1 atom stereocenters. The summed E-state index contributed by atoms with van der Waals surface area (Å²) in [5.41, 5.74) is 5.06. The van der Waals surface area contributed by atoms with Gasteiger partial charge in [-0.1, -0.05) is 0 Å². The first-order valence-electron chi connectivity index (χ1n) is 5.81. The SMILES string of the molecule is COCCNC(=O)CNC(=O)C(C)(N)C1CC1. The van der Waals surface area contributed by atoms with Crippen molar-refractivity contribution in [2.45, 2.75) is 25.3 Å². The highest BCUT2D eigenvalue weighted by atomic mass is 16.5. The van der Waals surface area contributed by atoms with Crippen LogP contribution in [0.1, 0.15) is 19.8 Å². The van der Waals surface area contributed by atoms with Gasteiger partial charge in [0.05, 0.1) is 18.7 Å². The van der Waals surface area contributed by atoms with E-state index >= 15 is 0 Å². The summed E-state index contributed by atoms with van der Waals surface area (Å²) in [6.07, 6.45) is 1.97. The van der Waals surface area contributed by atoms with Crippen LogP contribution in [-0.2, 0) is 14.3 Å². The number of carbonyl (C=O) groups is 2. The number of hydrogen-bond donors (Lipinski definition) is 3. The second kappa shape index (κ2) is 5.97. The van der Waals surface area contributed by atoms with Gasteiger partial charge < -0.3 is 21.1 Å². The van der Waals surface area contributed by atoms with E-state index in [0.717, 1.165) is 12.8 Å². The van der Waals surface area contributed by atoms with Crippen LogP contribution in [0.4, 0.5) is 0 Å². The maximum Gasteiger partial charge on any atom is 0.240 e. The van der Waals surface area contributed by atoms with Gasteiger partial charge in [0.2, 0.25) is 11.8 Å². The Bertz CT molecular complexity index is 288. The highest BCUT2D eigenvalue weighted by Gasteiger charge is 2.43. The Balaban J connectivity index is 2.21. The summed E-state index contributed by atoms with van der Waals surface area (Å²) in [4.78, 5) is 23.1. The number of ether oxygens (including phenoxy) is 1. The first-order valence-corrected chi connectivity index (χ1v) is 5.81. The maximum absolute atomic E-state index is 11.7. The van der Waals surface area contributed by atoms with E-state index in [1.165, 1.54) is 0 Å². The van der Waals surface area contributed by atoms with Crippen molar-refractivity contribution in [3.8, 4) is 0 Å². The molecule has 0 spiro atoms. The van der Waals surface area contributed by atoms with Gasteiger partial charge in [0, 0.05) is 13.7 Å². The molecule has 1 aliphatic rings. The van der Waals surface area contributed by atoms with Crippen molar-refractivity contribution < 1.29 is 14.3 Å². The molecular formula is C11H21N3O3. The lowest BCUT2D eigenvalue weighted by molar-refractivity contribution is -0.129. The fourth-order valence-corrected chi connectivity index (χ4v) is 1.57.